The van der Waals surface area contributed by atoms with E-state index in [1.54, 1.807) is 0 Å². The minimum Gasteiger partial charge on any atom is -0.351 e. The molecule has 0 saturated carbocycles. The summed E-state index contributed by atoms with van der Waals surface area (Å²) in [5.41, 5.74) is 2.39. The van der Waals surface area contributed by atoms with Crippen molar-refractivity contribution in [3.63, 3.8) is 0 Å². The highest BCUT2D eigenvalue weighted by molar-refractivity contribution is 7.10. The van der Waals surface area contributed by atoms with Crippen molar-refractivity contribution in [2.75, 3.05) is 13.1 Å². The predicted octanol–water partition coefficient (Wildman–Crippen LogP) is 3.64. The average molecular weight is 335 g/mol. The van der Waals surface area contributed by atoms with Gasteiger partial charge in [0.1, 0.15) is 0 Å². The number of amides is 1. The van der Waals surface area contributed by atoms with Crippen molar-refractivity contribution in [1.82, 2.24) is 10.2 Å². The number of nitrogens with one attached hydrogen (secondary N) is 1. The molecule has 0 radical (unpaired) electrons. The summed E-state index contributed by atoms with van der Waals surface area (Å²) in [5.74, 6) is 0.0607. The second-order valence-electron chi connectivity index (χ2n) is 5.60. The Morgan fingerprint density at radius 1 is 1.45 bits per heavy atom. The highest BCUT2D eigenvalue weighted by Crippen LogP contribution is 2.32. The van der Waals surface area contributed by atoms with Gasteiger partial charge in [-0.25, -0.2) is 0 Å². The predicted molar refractivity (Wildman–Crippen MR) is 91.3 cm³/mol. The van der Waals surface area contributed by atoms with Crippen LogP contribution in [-0.2, 0) is 17.8 Å². The SMILES string of the molecule is C[C@H]1c2ccsc2CCN1CC(=O)NCc1cccc(Cl)c1. The number of benzene rings is 1. The quantitative estimate of drug-likeness (QED) is 0.925. The number of thiophene rings is 1. The standard InChI is InChI=1S/C17H19ClN2OS/c1-12-15-6-8-22-16(15)5-7-20(12)11-17(21)19-10-13-3-2-4-14(18)9-13/h2-4,6,8-9,12H,5,7,10-11H2,1H3,(H,19,21)/t12-/m0/s1. The Morgan fingerprint density at radius 3 is 3.14 bits per heavy atom. The zero-order chi connectivity index (χ0) is 15.5. The van der Waals surface area contributed by atoms with Crippen molar-refractivity contribution in [1.29, 1.82) is 0 Å². The number of fused-ring (bicyclic) bond motifs is 1. The molecule has 0 saturated heterocycles. The van der Waals surface area contributed by atoms with Gasteiger partial charge in [0, 0.05) is 29.0 Å². The maximum atomic E-state index is 12.2. The van der Waals surface area contributed by atoms with Gasteiger partial charge in [-0.05, 0) is 48.1 Å². The lowest BCUT2D eigenvalue weighted by Crippen LogP contribution is -2.41. The van der Waals surface area contributed by atoms with Crippen molar-refractivity contribution in [3.8, 4) is 0 Å². The summed E-state index contributed by atoms with van der Waals surface area (Å²) in [6.45, 7) is 4.08. The molecule has 1 N–H and O–H groups in total. The van der Waals surface area contributed by atoms with E-state index in [2.05, 4.69) is 28.6 Å². The molecule has 1 atom stereocenters. The van der Waals surface area contributed by atoms with E-state index in [0.717, 1.165) is 18.5 Å². The molecule has 1 amide bonds. The summed E-state index contributed by atoms with van der Waals surface area (Å²) in [5, 5.41) is 5.81. The Balaban J connectivity index is 1.54. The van der Waals surface area contributed by atoms with E-state index in [9.17, 15) is 4.79 Å². The Bertz CT molecular complexity index is 670. The Morgan fingerprint density at radius 2 is 2.32 bits per heavy atom. The van der Waals surface area contributed by atoms with Gasteiger partial charge in [0.25, 0.3) is 0 Å². The van der Waals surface area contributed by atoms with Gasteiger partial charge in [-0.1, -0.05) is 23.7 Å². The van der Waals surface area contributed by atoms with Crippen LogP contribution in [0, 0.1) is 0 Å². The minimum atomic E-state index is 0.0607. The second kappa shape index (κ2) is 6.82. The van der Waals surface area contributed by atoms with E-state index >= 15 is 0 Å². The van der Waals surface area contributed by atoms with Crippen molar-refractivity contribution in [2.45, 2.75) is 25.9 Å². The van der Waals surface area contributed by atoms with Crippen LogP contribution in [-0.4, -0.2) is 23.9 Å². The fourth-order valence-corrected chi connectivity index (χ4v) is 4.04. The molecule has 1 aliphatic heterocycles. The topological polar surface area (TPSA) is 32.3 Å². The monoisotopic (exact) mass is 334 g/mol. The number of halogens is 1. The average Bonchev–Trinajstić information content (AvgIpc) is 2.98. The first-order valence-electron chi connectivity index (χ1n) is 7.45. The van der Waals surface area contributed by atoms with Crippen molar-refractivity contribution < 1.29 is 4.79 Å². The first kappa shape index (κ1) is 15.5. The number of nitrogens with zero attached hydrogens (tertiary/aromatic N) is 1. The van der Waals surface area contributed by atoms with E-state index < -0.39 is 0 Å². The van der Waals surface area contributed by atoms with Gasteiger partial charge in [-0.15, -0.1) is 11.3 Å². The van der Waals surface area contributed by atoms with Crippen LogP contribution in [0.3, 0.4) is 0 Å². The second-order valence-corrected chi connectivity index (χ2v) is 7.04. The molecule has 0 fully saturated rings. The maximum Gasteiger partial charge on any atom is 0.234 e. The number of carbonyl (C=O) groups is 1. The third-order valence-corrected chi connectivity index (χ3v) is 5.36. The van der Waals surface area contributed by atoms with Crippen LogP contribution in [0.5, 0.6) is 0 Å². The van der Waals surface area contributed by atoms with Crippen LogP contribution in [0.25, 0.3) is 0 Å². The molecule has 0 bridgehead atoms. The molecule has 2 heterocycles. The van der Waals surface area contributed by atoms with E-state index in [1.807, 2.05) is 35.6 Å². The first-order valence-corrected chi connectivity index (χ1v) is 8.70. The molecular formula is C17H19ClN2OS. The van der Waals surface area contributed by atoms with Crippen molar-refractivity contribution in [3.05, 3.63) is 56.7 Å². The number of hydrogen-bond acceptors (Lipinski definition) is 3. The Kier molecular flexibility index (Phi) is 4.81. The van der Waals surface area contributed by atoms with Crippen LogP contribution in [0.4, 0.5) is 0 Å². The third kappa shape index (κ3) is 3.51. The summed E-state index contributed by atoms with van der Waals surface area (Å²) in [6, 6.07) is 10.1. The molecule has 1 aromatic carbocycles. The number of rotatable bonds is 4. The summed E-state index contributed by atoms with van der Waals surface area (Å²) in [7, 11) is 0. The molecule has 1 aromatic heterocycles. The zero-order valence-corrected chi connectivity index (χ0v) is 14.1. The van der Waals surface area contributed by atoms with Crippen LogP contribution in [0.2, 0.25) is 5.02 Å². The smallest absolute Gasteiger partial charge is 0.234 e. The van der Waals surface area contributed by atoms with Gasteiger partial charge < -0.3 is 5.32 Å². The minimum absolute atomic E-state index is 0.0607. The van der Waals surface area contributed by atoms with E-state index in [1.165, 1.54) is 10.4 Å². The molecule has 1 aliphatic rings. The highest BCUT2D eigenvalue weighted by Gasteiger charge is 2.25. The van der Waals surface area contributed by atoms with Crippen molar-refractivity contribution >= 4 is 28.8 Å². The molecule has 116 valence electrons. The number of carbonyl (C=O) groups excluding carboxylic acids is 1. The van der Waals surface area contributed by atoms with Crippen LogP contribution in [0.1, 0.15) is 29.0 Å². The first-order chi connectivity index (χ1) is 10.6. The summed E-state index contributed by atoms with van der Waals surface area (Å²) in [4.78, 5) is 15.9. The maximum absolute atomic E-state index is 12.2. The van der Waals surface area contributed by atoms with Gasteiger partial charge in [-0.3, -0.25) is 9.69 Å². The van der Waals surface area contributed by atoms with Gasteiger partial charge in [0.05, 0.1) is 6.54 Å². The summed E-state index contributed by atoms with van der Waals surface area (Å²) < 4.78 is 0. The molecule has 0 unspecified atom stereocenters. The van der Waals surface area contributed by atoms with Crippen LogP contribution < -0.4 is 5.32 Å². The molecular weight excluding hydrogens is 316 g/mol. The lowest BCUT2D eigenvalue weighted by molar-refractivity contribution is -0.123. The number of hydrogen-bond donors (Lipinski definition) is 1. The lowest BCUT2D eigenvalue weighted by Gasteiger charge is -2.32. The van der Waals surface area contributed by atoms with Crippen LogP contribution >= 0.6 is 22.9 Å². The third-order valence-electron chi connectivity index (χ3n) is 4.13. The summed E-state index contributed by atoms with van der Waals surface area (Å²) in [6.07, 6.45) is 1.04. The molecule has 3 nitrogen and oxygen atoms in total. The van der Waals surface area contributed by atoms with Gasteiger partial charge in [-0.2, -0.15) is 0 Å². The molecule has 0 spiro atoms. The highest BCUT2D eigenvalue weighted by atomic mass is 35.5. The normalized spacial score (nSPS) is 18.0. The van der Waals surface area contributed by atoms with Gasteiger partial charge in [0.2, 0.25) is 5.91 Å². The Labute approximate surface area is 139 Å². The van der Waals surface area contributed by atoms with Gasteiger partial charge >= 0.3 is 0 Å². The fourth-order valence-electron chi connectivity index (χ4n) is 2.87. The molecule has 2 aromatic rings. The molecule has 22 heavy (non-hydrogen) atoms. The molecule has 5 heteroatoms. The Hall–Kier alpha value is -1.36. The van der Waals surface area contributed by atoms with Gasteiger partial charge in [0.15, 0.2) is 0 Å². The lowest BCUT2D eigenvalue weighted by atomic mass is 10.0. The van der Waals surface area contributed by atoms with Crippen LogP contribution in [0.15, 0.2) is 35.7 Å². The van der Waals surface area contributed by atoms with E-state index in [-0.39, 0.29) is 5.91 Å². The molecule has 0 aliphatic carbocycles. The fraction of sp³-hybridized carbons (Fsp3) is 0.353. The van der Waals surface area contributed by atoms with Crippen molar-refractivity contribution in [2.24, 2.45) is 0 Å². The zero-order valence-electron chi connectivity index (χ0n) is 12.5. The summed E-state index contributed by atoms with van der Waals surface area (Å²) >= 11 is 7.77. The van der Waals surface area contributed by atoms with E-state index in [4.69, 9.17) is 11.6 Å². The molecule has 3 rings (SSSR count). The largest absolute Gasteiger partial charge is 0.351 e. The van der Waals surface area contributed by atoms with E-state index in [0.29, 0.717) is 24.2 Å².